The summed E-state index contributed by atoms with van der Waals surface area (Å²) in [5.41, 5.74) is 5.00. The normalized spacial score (nSPS) is 12.0. The first kappa shape index (κ1) is 14.1. The molecule has 4 rings (SSSR count). The van der Waals surface area contributed by atoms with E-state index < -0.39 is 0 Å². The second-order valence-electron chi connectivity index (χ2n) is 5.32. The highest BCUT2D eigenvalue weighted by atomic mass is 16.3. The number of aromatic nitrogens is 4. The fourth-order valence-corrected chi connectivity index (χ4v) is 2.59. The van der Waals surface area contributed by atoms with E-state index in [0.29, 0.717) is 22.7 Å². The third-order valence-corrected chi connectivity index (χ3v) is 3.78. The van der Waals surface area contributed by atoms with Crippen LogP contribution >= 0.6 is 0 Å². The molecule has 2 N–H and O–H groups in total. The van der Waals surface area contributed by atoms with Gasteiger partial charge in [0.1, 0.15) is 12.1 Å². The molecule has 24 heavy (non-hydrogen) atoms. The Hall–Kier alpha value is -3.48. The quantitative estimate of drug-likeness (QED) is 0.448. The van der Waals surface area contributed by atoms with Crippen LogP contribution in [-0.4, -0.2) is 30.6 Å². The van der Waals surface area contributed by atoms with Crippen molar-refractivity contribution in [3.8, 4) is 5.75 Å². The Bertz CT molecular complexity index is 1070. The van der Waals surface area contributed by atoms with Gasteiger partial charge in [0, 0.05) is 16.3 Å². The minimum Gasteiger partial charge on any atom is -0.507 e. The number of fused-ring (bicyclic) bond motifs is 3. The lowest BCUT2D eigenvalue weighted by Gasteiger charge is -2.08. The van der Waals surface area contributed by atoms with E-state index in [4.69, 9.17) is 0 Å². The van der Waals surface area contributed by atoms with Gasteiger partial charge in [0.2, 0.25) is 0 Å². The van der Waals surface area contributed by atoms with Crippen molar-refractivity contribution >= 4 is 27.9 Å². The molecule has 0 unspecified atom stereocenters. The van der Waals surface area contributed by atoms with E-state index in [1.54, 1.807) is 23.0 Å². The van der Waals surface area contributed by atoms with Crippen LogP contribution in [0.5, 0.6) is 5.75 Å². The molecule has 0 saturated heterocycles. The van der Waals surface area contributed by atoms with E-state index >= 15 is 0 Å². The standard InChI is InChI=1S/C17H14N6O/c1-11(12-6-4-5-9-15(12)24)19-20-16-13-7-2-3-8-14(13)17-21-18-10-23(17)22-16/h2-10,24H,1H3,(H,20,22)/b19-11+. The van der Waals surface area contributed by atoms with Crippen molar-refractivity contribution in [3.63, 3.8) is 0 Å². The summed E-state index contributed by atoms with van der Waals surface area (Å²) in [7, 11) is 0. The predicted octanol–water partition coefficient (Wildman–Crippen LogP) is 2.82. The summed E-state index contributed by atoms with van der Waals surface area (Å²) >= 11 is 0. The van der Waals surface area contributed by atoms with Gasteiger partial charge in [-0.25, -0.2) is 0 Å². The molecule has 2 heterocycles. The average molecular weight is 318 g/mol. The number of anilines is 1. The molecule has 0 saturated carbocycles. The molecule has 0 aliphatic rings. The van der Waals surface area contributed by atoms with E-state index in [0.717, 1.165) is 10.8 Å². The van der Waals surface area contributed by atoms with E-state index in [-0.39, 0.29) is 5.75 Å². The molecule has 0 aliphatic heterocycles. The fraction of sp³-hybridized carbons (Fsp3) is 0.0588. The van der Waals surface area contributed by atoms with Crippen LogP contribution in [0.25, 0.3) is 16.4 Å². The summed E-state index contributed by atoms with van der Waals surface area (Å²) in [5, 5.41) is 28.6. The second kappa shape index (κ2) is 5.62. The third-order valence-electron chi connectivity index (χ3n) is 3.78. The summed E-state index contributed by atoms with van der Waals surface area (Å²) in [4.78, 5) is 0. The zero-order chi connectivity index (χ0) is 16.5. The van der Waals surface area contributed by atoms with Gasteiger partial charge in [0.05, 0.1) is 5.71 Å². The predicted molar refractivity (Wildman–Crippen MR) is 92.2 cm³/mol. The van der Waals surface area contributed by atoms with Crippen LogP contribution in [0.1, 0.15) is 12.5 Å². The van der Waals surface area contributed by atoms with Crippen LogP contribution in [-0.2, 0) is 0 Å². The van der Waals surface area contributed by atoms with Gasteiger partial charge < -0.3 is 5.11 Å². The number of benzene rings is 2. The Morgan fingerprint density at radius 2 is 1.83 bits per heavy atom. The Kier molecular flexibility index (Phi) is 3.31. The van der Waals surface area contributed by atoms with Crippen LogP contribution in [0, 0.1) is 0 Å². The first-order chi connectivity index (χ1) is 11.7. The van der Waals surface area contributed by atoms with Crippen LogP contribution in [0.2, 0.25) is 0 Å². The molecule has 4 aromatic rings. The van der Waals surface area contributed by atoms with Crippen molar-refractivity contribution in [3.05, 3.63) is 60.4 Å². The van der Waals surface area contributed by atoms with Gasteiger partial charge in [0.15, 0.2) is 11.5 Å². The molecule has 2 aromatic heterocycles. The van der Waals surface area contributed by atoms with Crippen molar-refractivity contribution in [2.75, 3.05) is 5.43 Å². The SMILES string of the molecule is C/C(=N\Nc1nn2cnnc2c2ccccc12)c1ccccc1O. The molecule has 7 nitrogen and oxygen atoms in total. The van der Waals surface area contributed by atoms with Crippen molar-refractivity contribution < 1.29 is 5.11 Å². The van der Waals surface area contributed by atoms with Gasteiger partial charge in [-0.3, -0.25) is 5.43 Å². The van der Waals surface area contributed by atoms with Gasteiger partial charge >= 0.3 is 0 Å². The number of aromatic hydroxyl groups is 1. The highest BCUT2D eigenvalue weighted by Gasteiger charge is 2.10. The molecule has 0 amide bonds. The average Bonchev–Trinajstić information content (AvgIpc) is 3.08. The summed E-state index contributed by atoms with van der Waals surface area (Å²) in [6, 6.07) is 14.9. The van der Waals surface area contributed by atoms with Crippen LogP contribution in [0.15, 0.2) is 60.0 Å². The van der Waals surface area contributed by atoms with Crippen molar-refractivity contribution in [1.29, 1.82) is 0 Å². The Morgan fingerprint density at radius 3 is 2.67 bits per heavy atom. The minimum absolute atomic E-state index is 0.188. The Labute approximate surface area is 137 Å². The van der Waals surface area contributed by atoms with Gasteiger partial charge in [-0.2, -0.15) is 9.62 Å². The topological polar surface area (TPSA) is 87.7 Å². The molecule has 0 bridgehead atoms. The highest BCUT2D eigenvalue weighted by molar-refractivity contribution is 6.03. The number of nitrogens with zero attached hydrogens (tertiary/aromatic N) is 5. The lowest BCUT2D eigenvalue weighted by molar-refractivity contribution is 0.474. The molecular formula is C17H14N6O. The number of hydrogen-bond acceptors (Lipinski definition) is 6. The molecule has 0 radical (unpaired) electrons. The molecular weight excluding hydrogens is 304 g/mol. The van der Waals surface area contributed by atoms with E-state index in [9.17, 15) is 5.11 Å². The maximum atomic E-state index is 9.92. The first-order valence-electron chi connectivity index (χ1n) is 7.41. The first-order valence-corrected chi connectivity index (χ1v) is 7.41. The van der Waals surface area contributed by atoms with Gasteiger partial charge in [-0.05, 0) is 19.1 Å². The number of para-hydroxylation sites is 1. The van der Waals surface area contributed by atoms with Crippen molar-refractivity contribution in [2.24, 2.45) is 5.10 Å². The fourth-order valence-electron chi connectivity index (χ4n) is 2.59. The van der Waals surface area contributed by atoms with E-state index in [1.807, 2.05) is 43.3 Å². The van der Waals surface area contributed by atoms with E-state index in [2.05, 4.69) is 25.8 Å². The Morgan fingerprint density at radius 1 is 1.08 bits per heavy atom. The summed E-state index contributed by atoms with van der Waals surface area (Å²) < 4.78 is 1.61. The van der Waals surface area contributed by atoms with Gasteiger partial charge in [-0.1, -0.05) is 36.4 Å². The minimum atomic E-state index is 0.188. The molecule has 7 heteroatoms. The zero-order valence-electron chi connectivity index (χ0n) is 12.9. The largest absolute Gasteiger partial charge is 0.507 e. The van der Waals surface area contributed by atoms with Gasteiger partial charge in [-0.15, -0.1) is 15.3 Å². The van der Waals surface area contributed by atoms with Crippen molar-refractivity contribution in [2.45, 2.75) is 6.92 Å². The smallest absolute Gasteiger partial charge is 0.185 e. The summed E-state index contributed by atoms with van der Waals surface area (Å²) in [6.07, 6.45) is 1.55. The molecule has 0 aliphatic carbocycles. The van der Waals surface area contributed by atoms with Crippen molar-refractivity contribution in [1.82, 2.24) is 19.8 Å². The second-order valence-corrected chi connectivity index (χ2v) is 5.32. The number of hydrogen-bond donors (Lipinski definition) is 2. The van der Waals surface area contributed by atoms with Gasteiger partial charge in [0.25, 0.3) is 0 Å². The number of hydrazone groups is 1. The van der Waals surface area contributed by atoms with Crippen LogP contribution in [0.3, 0.4) is 0 Å². The Balaban J connectivity index is 1.79. The molecule has 0 atom stereocenters. The molecule has 0 fully saturated rings. The van der Waals surface area contributed by atoms with E-state index in [1.165, 1.54) is 0 Å². The lowest BCUT2D eigenvalue weighted by atomic mass is 10.1. The third kappa shape index (κ3) is 2.32. The molecule has 2 aromatic carbocycles. The summed E-state index contributed by atoms with van der Waals surface area (Å²) in [6.45, 7) is 1.82. The number of phenolic OH excluding ortho intramolecular Hbond substituents is 1. The number of phenols is 1. The summed E-state index contributed by atoms with van der Waals surface area (Å²) in [5.74, 6) is 0.778. The van der Waals surface area contributed by atoms with Crippen LogP contribution in [0.4, 0.5) is 5.82 Å². The van der Waals surface area contributed by atoms with Crippen LogP contribution < -0.4 is 5.43 Å². The monoisotopic (exact) mass is 318 g/mol. The number of nitrogens with one attached hydrogen (secondary N) is 1. The highest BCUT2D eigenvalue weighted by Crippen LogP contribution is 2.24. The molecule has 118 valence electrons. The lowest BCUT2D eigenvalue weighted by Crippen LogP contribution is -2.04. The maximum Gasteiger partial charge on any atom is 0.185 e. The number of rotatable bonds is 3. The maximum absolute atomic E-state index is 9.92. The molecule has 0 spiro atoms. The zero-order valence-corrected chi connectivity index (χ0v) is 12.9.